The van der Waals surface area contributed by atoms with E-state index >= 15 is 0 Å². The monoisotopic (exact) mass is 189 g/mol. The zero-order valence-electron chi connectivity index (χ0n) is 5.54. The van der Waals surface area contributed by atoms with Crippen molar-refractivity contribution in [2.24, 2.45) is 0 Å². The zero-order chi connectivity index (χ0) is 8.91. The fourth-order valence-corrected chi connectivity index (χ4v) is 0.582. The quantitative estimate of drug-likeness (QED) is 0.531. The van der Waals surface area contributed by atoms with Crippen molar-refractivity contribution in [1.29, 1.82) is 0 Å². The van der Waals surface area contributed by atoms with Crippen molar-refractivity contribution in [2.45, 2.75) is 19.1 Å². The lowest BCUT2D eigenvalue weighted by atomic mass is 10.3. The van der Waals surface area contributed by atoms with E-state index in [0.717, 1.165) is 5.32 Å². The third kappa shape index (κ3) is 7.45. The summed E-state index contributed by atoms with van der Waals surface area (Å²) in [5, 5.41) is 0.856. The van der Waals surface area contributed by atoms with Crippen molar-refractivity contribution in [3.63, 3.8) is 0 Å². The summed E-state index contributed by atoms with van der Waals surface area (Å²) < 4.78 is 34.1. The number of hydrogen-bond acceptors (Lipinski definition) is 1. The first-order valence-electron chi connectivity index (χ1n) is 2.89. The number of nitrogens with one attached hydrogen (secondary N) is 1. The summed E-state index contributed by atoms with van der Waals surface area (Å²) in [6, 6.07) is 0. The average Bonchev–Trinajstić information content (AvgIpc) is 1.79. The SMILES string of the molecule is O=C(CCCCl)NC(F)(F)F. The summed E-state index contributed by atoms with van der Waals surface area (Å²) in [5.74, 6) is -0.858. The van der Waals surface area contributed by atoms with Gasteiger partial charge >= 0.3 is 6.30 Å². The topological polar surface area (TPSA) is 29.1 Å². The van der Waals surface area contributed by atoms with Gasteiger partial charge in [0.15, 0.2) is 0 Å². The van der Waals surface area contributed by atoms with Gasteiger partial charge in [-0.2, -0.15) is 13.2 Å². The Labute approximate surface area is 66.7 Å². The van der Waals surface area contributed by atoms with Gasteiger partial charge in [-0.15, -0.1) is 11.6 Å². The van der Waals surface area contributed by atoms with Crippen LogP contribution in [-0.4, -0.2) is 18.1 Å². The van der Waals surface area contributed by atoms with Crippen LogP contribution < -0.4 is 5.32 Å². The molecule has 0 radical (unpaired) electrons. The van der Waals surface area contributed by atoms with E-state index in [2.05, 4.69) is 0 Å². The highest BCUT2D eigenvalue weighted by atomic mass is 35.5. The molecular formula is C5H7ClF3NO. The Hall–Kier alpha value is -0.450. The van der Waals surface area contributed by atoms with Crippen LogP contribution in [-0.2, 0) is 4.79 Å². The van der Waals surface area contributed by atoms with Crippen LogP contribution in [0, 0.1) is 0 Å². The molecule has 1 amide bonds. The molecule has 0 aromatic rings. The third-order valence-electron chi connectivity index (χ3n) is 0.819. The normalized spacial score (nSPS) is 11.3. The summed E-state index contributed by atoms with van der Waals surface area (Å²) in [6.07, 6.45) is -4.56. The van der Waals surface area contributed by atoms with Gasteiger partial charge in [0.2, 0.25) is 5.91 Å². The fraction of sp³-hybridized carbons (Fsp3) is 0.800. The molecule has 0 aliphatic heterocycles. The molecule has 0 spiro atoms. The molecule has 0 aliphatic carbocycles. The highest BCUT2D eigenvalue weighted by molar-refractivity contribution is 6.17. The maximum absolute atomic E-state index is 11.4. The first-order chi connectivity index (χ1) is 4.95. The average molecular weight is 190 g/mol. The molecule has 0 unspecified atom stereocenters. The number of hydrogen-bond donors (Lipinski definition) is 1. The summed E-state index contributed by atoms with van der Waals surface area (Å²) in [7, 11) is 0. The summed E-state index contributed by atoms with van der Waals surface area (Å²) >= 11 is 5.16. The van der Waals surface area contributed by atoms with E-state index < -0.39 is 12.2 Å². The van der Waals surface area contributed by atoms with Crippen LogP contribution >= 0.6 is 11.6 Å². The van der Waals surface area contributed by atoms with Gasteiger partial charge in [0.1, 0.15) is 0 Å². The zero-order valence-corrected chi connectivity index (χ0v) is 6.30. The van der Waals surface area contributed by atoms with Crippen molar-refractivity contribution >= 4 is 17.5 Å². The lowest BCUT2D eigenvalue weighted by Crippen LogP contribution is -2.36. The summed E-state index contributed by atoms with van der Waals surface area (Å²) in [5.41, 5.74) is 0. The van der Waals surface area contributed by atoms with Gasteiger partial charge in [-0.3, -0.25) is 10.1 Å². The molecule has 0 aliphatic rings. The second-order valence-corrected chi connectivity index (χ2v) is 2.22. The predicted octanol–water partition coefficient (Wildman–Crippen LogP) is 1.64. The van der Waals surface area contributed by atoms with Crippen molar-refractivity contribution in [3.8, 4) is 0 Å². The second kappa shape index (κ2) is 4.43. The molecule has 0 saturated heterocycles. The van der Waals surface area contributed by atoms with Gasteiger partial charge < -0.3 is 0 Å². The Morgan fingerprint density at radius 2 is 2.00 bits per heavy atom. The number of alkyl halides is 4. The Kier molecular flexibility index (Phi) is 4.25. The van der Waals surface area contributed by atoms with Crippen LogP contribution in [0.15, 0.2) is 0 Å². The van der Waals surface area contributed by atoms with Gasteiger partial charge in [-0.25, -0.2) is 0 Å². The fourth-order valence-electron chi connectivity index (χ4n) is 0.448. The maximum Gasteiger partial charge on any atom is 0.484 e. The minimum absolute atomic E-state index is 0.186. The van der Waals surface area contributed by atoms with Crippen LogP contribution in [0.2, 0.25) is 0 Å². The minimum atomic E-state index is -4.62. The van der Waals surface area contributed by atoms with E-state index in [1.54, 1.807) is 0 Å². The molecule has 1 N–H and O–H groups in total. The largest absolute Gasteiger partial charge is 0.484 e. The molecule has 0 heterocycles. The number of halogens is 4. The molecule has 0 fully saturated rings. The molecule has 11 heavy (non-hydrogen) atoms. The first-order valence-corrected chi connectivity index (χ1v) is 3.43. The molecule has 0 aromatic heterocycles. The smallest absolute Gasteiger partial charge is 0.275 e. The summed E-state index contributed by atoms with van der Waals surface area (Å²) in [4.78, 5) is 10.3. The lowest BCUT2D eigenvalue weighted by molar-refractivity contribution is -0.169. The van der Waals surface area contributed by atoms with Gasteiger partial charge in [0, 0.05) is 12.3 Å². The molecule has 0 atom stereocenters. The van der Waals surface area contributed by atoms with E-state index in [1.807, 2.05) is 0 Å². The maximum atomic E-state index is 11.4. The van der Waals surface area contributed by atoms with Crippen molar-refractivity contribution in [3.05, 3.63) is 0 Å². The van der Waals surface area contributed by atoms with Gasteiger partial charge in [-0.1, -0.05) is 0 Å². The van der Waals surface area contributed by atoms with Crippen molar-refractivity contribution < 1.29 is 18.0 Å². The van der Waals surface area contributed by atoms with Crippen molar-refractivity contribution in [1.82, 2.24) is 5.32 Å². The van der Waals surface area contributed by atoms with E-state index in [4.69, 9.17) is 11.6 Å². The molecule has 0 bridgehead atoms. The molecule has 0 aromatic carbocycles. The number of amides is 1. The van der Waals surface area contributed by atoms with E-state index in [-0.39, 0.29) is 18.7 Å². The molecule has 66 valence electrons. The molecular weight excluding hydrogens is 183 g/mol. The Morgan fingerprint density at radius 1 is 1.45 bits per heavy atom. The molecule has 6 heteroatoms. The van der Waals surface area contributed by atoms with Gasteiger partial charge in [0.25, 0.3) is 0 Å². The Morgan fingerprint density at radius 3 is 2.36 bits per heavy atom. The highest BCUT2D eigenvalue weighted by Gasteiger charge is 2.29. The summed E-state index contributed by atoms with van der Waals surface area (Å²) in [6.45, 7) is 0. The number of carbonyl (C=O) groups is 1. The van der Waals surface area contributed by atoms with Gasteiger partial charge in [-0.05, 0) is 6.42 Å². The lowest BCUT2D eigenvalue weighted by Gasteiger charge is -2.06. The standard InChI is InChI=1S/C5H7ClF3NO/c6-3-1-2-4(11)10-5(7,8)9/h1-3H2,(H,10,11). The molecule has 2 nitrogen and oxygen atoms in total. The van der Waals surface area contributed by atoms with Crippen LogP contribution in [0.4, 0.5) is 13.2 Å². The van der Waals surface area contributed by atoms with E-state index in [9.17, 15) is 18.0 Å². The van der Waals surface area contributed by atoms with Crippen LogP contribution in [0.1, 0.15) is 12.8 Å². The first kappa shape index (κ1) is 10.6. The highest BCUT2D eigenvalue weighted by Crippen LogP contribution is 2.09. The predicted molar refractivity (Wildman–Crippen MR) is 34.2 cm³/mol. The molecule has 0 saturated carbocycles. The van der Waals surface area contributed by atoms with Crippen LogP contribution in [0.5, 0.6) is 0 Å². The minimum Gasteiger partial charge on any atom is -0.275 e. The number of carbonyl (C=O) groups excluding carboxylic acids is 1. The van der Waals surface area contributed by atoms with Crippen molar-refractivity contribution in [2.75, 3.05) is 5.88 Å². The number of rotatable bonds is 3. The Balaban J connectivity index is 3.53. The van der Waals surface area contributed by atoms with E-state index in [1.165, 1.54) is 0 Å². The molecule has 0 rings (SSSR count). The third-order valence-corrected chi connectivity index (χ3v) is 1.09. The van der Waals surface area contributed by atoms with Crippen LogP contribution in [0.3, 0.4) is 0 Å². The Bertz CT molecular complexity index is 136. The second-order valence-electron chi connectivity index (χ2n) is 1.84. The van der Waals surface area contributed by atoms with Gasteiger partial charge in [0.05, 0.1) is 0 Å². The van der Waals surface area contributed by atoms with Crippen LogP contribution in [0.25, 0.3) is 0 Å². The van der Waals surface area contributed by atoms with E-state index in [0.29, 0.717) is 0 Å².